The van der Waals surface area contributed by atoms with Crippen LogP contribution in [-0.2, 0) is 0 Å². The number of halogens is 1. The van der Waals surface area contributed by atoms with Crippen LogP contribution in [0.25, 0.3) is 0 Å². The number of hydrogen-bond donors (Lipinski definition) is 1. The summed E-state index contributed by atoms with van der Waals surface area (Å²) in [6.07, 6.45) is 1.28. The first-order valence-electron chi connectivity index (χ1n) is 4.67. The summed E-state index contributed by atoms with van der Waals surface area (Å²) in [7, 11) is 0. The van der Waals surface area contributed by atoms with Crippen molar-refractivity contribution in [1.82, 2.24) is 0 Å². The molecule has 1 aromatic rings. The average Bonchev–Trinajstić information content (AvgIpc) is 2.15. The van der Waals surface area contributed by atoms with Crippen LogP contribution >= 0.6 is 22.6 Å². The second kappa shape index (κ2) is 5.51. The Morgan fingerprint density at radius 2 is 2.00 bits per heavy atom. The van der Waals surface area contributed by atoms with Crippen molar-refractivity contribution in [1.29, 1.82) is 0 Å². The molecule has 0 aromatic heterocycles. The third kappa shape index (κ3) is 3.80. The van der Waals surface area contributed by atoms with Gasteiger partial charge in [0, 0.05) is 3.57 Å². The fourth-order valence-electron chi connectivity index (χ4n) is 1.23. The Labute approximate surface area is 99.0 Å². The van der Waals surface area contributed by atoms with E-state index in [9.17, 15) is 5.11 Å². The van der Waals surface area contributed by atoms with Crippen molar-refractivity contribution in [3.8, 4) is 0 Å². The topological polar surface area (TPSA) is 20.2 Å². The van der Waals surface area contributed by atoms with Gasteiger partial charge < -0.3 is 5.11 Å². The van der Waals surface area contributed by atoms with E-state index in [4.69, 9.17) is 0 Å². The molecule has 76 valence electrons. The van der Waals surface area contributed by atoms with E-state index < -0.39 is 0 Å². The van der Waals surface area contributed by atoms with Crippen molar-refractivity contribution in [2.45, 2.75) is 25.9 Å². The first kappa shape index (κ1) is 11.7. The smallest absolute Gasteiger partial charge is 0.0793 e. The summed E-state index contributed by atoms with van der Waals surface area (Å²) < 4.78 is 1.19. The molecule has 1 unspecified atom stereocenters. The molecule has 1 aromatic carbocycles. The molecule has 0 heterocycles. The van der Waals surface area contributed by atoms with Gasteiger partial charge in [-0.2, -0.15) is 0 Å². The SMILES string of the molecule is C=C(C)CCC(O)c1ccc(I)cc1. The quantitative estimate of drug-likeness (QED) is 0.664. The van der Waals surface area contributed by atoms with Crippen molar-refractivity contribution < 1.29 is 5.11 Å². The maximum absolute atomic E-state index is 9.82. The van der Waals surface area contributed by atoms with Crippen LogP contribution in [0.3, 0.4) is 0 Å². The summed E-state index contributed by atoms with van der Waals surface area (Å²) in [6, 6.07) is 7.98. The summed E-state index contributed by atoms with van der Waals surface area (Å²) in [4.78, 5) is 0. The van der Waals surface area contributed by atoms with Crippen LogP contribution < -0.4 is 0 Å². The zero-order valence-electron chi connectivity index (χ0n) is 8.33. The summed E-state index contributed by atoms with van der Waals surface area (Å²) in [5, 5.41) is 9.82. The molecule has 0 radical (unpaired) electrons. The van der Waals surface area contributed by atoms with Crippen molar-refractivity contribution >= 4 is 22.6 Å². The van der Waals surface area contributed by atoms with Gasteiger partial charge in [0.05, 0.1) is 6.10 Å². The van der Waals surface area contributed by atoms with E-state index in [2.05, 4.69) is 29.2 Å². The number of hydrogen-bond acceptors (Lipinski definition) is 1. The highest BCUT2D eigenvalue weighted by Crippen LogP contribution is 2.20. The summed E-state index contributed by atoms with van der Waals surface area (Å²) in [6.45, 7) is 5.81. The average molecular weight is 302 g/mol. The van der Waals surface area contributed by atoms with Crippen molar-refractivity contribution in [2.75, 3.05) is 0 Å². The molecule has 0 bridgehead atoms. The maximum atomic E-state index is 9.82. The zero-order valence-corrected chi connectivity index (χ0v) is 10.5. The lowest BCUT2D eigenvalue weighted by Crippen LogP contribution is -1.97. The summed E-state index contributed by atoms with van der Waals surface area (Å²) in [5.41, 5.74) is 2.11. The molecule has 1 rings (SSSR count). The van der Waals surface area contributed by atoms with Gasteiger partial charge in [-0.1, -0.05) is 17.7 Å². The predicted molar refractivity (Wildman–Crippen MR) is 68.2 cm³/mol. The predicted octanol–water partition coefficient (Wildman–Crippen LogP) is 3.68. The maximum Gasteiger partial charge on any atom is 0.0793 e. The molecule has 0 fully saturated rings. The third-order valence-corrected chi connectivity index (χ3v) is 2.82. The molecule has 0 spiro atoms. The Morgan fingerprint density at radius 3 is 2.50 bits per heavy atom. The Kier molecular flexibility index (Phi) is 4.62. The van der Waals surface area contributed by atoms with Gasteiger partial charge in [0.25, 0.3) is 0 Å². The van der Waals surface area contributed by atoms with E-state index in [1.54, 1.807) is 0 Å². The Balaban J connectivity index is 2.56. The second-order valence-electron chi connectivity index (χ2n) is 3.56. The molecule has 0 aliphatic heterocycles. The molecular weight excluding hydrogens is 287 g/mol. The minimum Gasteiger partial charge on any atom is -0.388 e. The minimum absolute atomic E-state index is 0.358. The Morgan fingerprint density at radius 1 is 1.43 bits per heavy atom. The van der Waals surface area contributed by atoms with E-state index in [0.717, 1.165) is 24.0 Å². The van der Waals surface area contributed by atoms with Gasteiger partial charge in [-0.15, -0.1) is 6.58 Å². The van der Waals surface area contributed by atoms with Gasteiger partial charge in [0.2, 0.25) is 0 Å². The molecule has 0 amide bonds. The van der Waals surface area contributed by atoms with Gasteiger partial charge in [-0.3, -0.25) is 0 Å². The van der Waals surface area contributed by atoms with Crippen molar-refractivity contribution in [3.63, 3.8) is 0 Å². The molecule has 2 heteroatoms. The van der Waals surface area contributed by atoms with Crippen LogP contribution in [0.5, 0.6) is 0 Å². The lowest BCUT2D eigenvalue weighted by Gasteiger charge is -2.10. The Bertz CT molecular complexity index is 303. The normalized spacial score (nSPS) is 12.5. The van der Waals surface area contributed by atoms with Crippen LogP contribution in [0.1, 0.15) is 31.4 Å². The van der Waals surface area contributed by atoms with Gasteiger partial charge >= 0.3 is 0 Å². The zero-order chi connectivity index (χ0) is 10.6. The molecule has 1 N–H and O–H groups in total. The van der Waals surface area contributed by atoms with Crippen LogP contribution in [0, 0.1) is 3.57 Å². The highest BCUT2D eigenvalue weighted by atomic mass is 127. The lowest BCUT2D eigenvalue weighted by atomic mass is 10.0. The molecule has 0 saturated heterocycles. The van der Waals surface area contributed by atoms with E-state index >= 15 is 0 Å². The highest BCUT2D eigenvalue weighted by molar-refractivity contribution is 14.1. The van der Waals surface area contributed by atoms with E-state index in [1.165, 1.54) is 3.57 Å². The van der Waals surface area contributed by atoms with Crippen molar-refractivity contribution in [3.05, 3.63) is 45.6 Å². The monoisotopic (exact) mass is 302 g/mol. The number of aliphatic hydroxyl groups excluding tert-OH is 1. The highest BCUT2D eigenvalue weighted by Gasteiger charge is 2.06. The minimum atomic E-state index is -0.358. The molecule has 0 aliphatic rings. The molecule has 14 heavy (non-hydrogen) atoms. The van der Waals surface area contributed by atoms with Crippen LogP contribution in [0.4, 0.5) is 0 Å². The Hall–Kier alpha value is -0.350. The van der Waals surface area contributed by atoms with Gasteiger partial charge in [-0.05, 0) is 60.1 Å². The third-order valence-electron chi connectivity index (χ3n) is 2.10. The van der Waals surface area contributed by atoms with E-state index in [0.29, 0.717) is 0 Å². The van der Waals surface area contributed by atoms with E-state index in [1.807, 2.05) is 31.2 Å². The fraction of sp³-hybridized carbons (Fsp3) is 0.333. The number of rotatable bonds is 4. The standard InChI is InChI=1S/C12H15IO/c1-9(2)3-8-12(14)10-4-6-11(13)7-5-10/h4-7,12,14H,1,3,8H2,2H3. The molecule has 0 aliphatic carbocycles. The second-order valence-corrected chi connectivity index (χ2v) is 4.81. The lowest BCUT2D eigenvalue weighted by molar-refractivity contribution is 0.168. The van der Waals surface area contributed by atoms with Crippen LogP contribution in [0.2, 0.25) is 0 Å². The molecular formula is C12H15IO. The molecule has 1 nitrogen and oxygen atoms in total. The van der Waals surface area contributed by atoms with Crippen molar-refractivity contribution in [2.24, 2.45) is 0 Å². The van der Waals surface area contributed by atoms with E-state index in [-0.39, 0.29) is 6.10 Å². The molecule has 1 atom stereocenters. The first-order valence-corrected chi connectivity index (χ1v) is 5.75. The number of allylic oxidation sites excluding steroid dienone is 1. The van der Waals surface area contributed by atoms with Crippen LogP contribution in [0.15, 0.2) is 36.4 Å². The van der Waals surface area contributed by atoms with Crippen LogP contribution in [-0.4, -0.2) is 5.11 Å². The van der Waals surface area contributed by atoms with Gasteiger partial charge in [-0.25, -0.2) is 0 Å². The molecule has 0 saturated carbocycles. The fourth-order valence-corrected chi connectivity index (χ4v) is 1.59. The summed E-state index contributed by atoms with van der Waals surface area (Å²) in [5.74, 6) is 0. The number of benzene rings is 1. The first-order chi connectivity index (χ1) is 6.59. The largest absolute Gasteiger partial charge is 0.388 e. The van der Waals surface area contributed by atoms with Gasteiger partial charge in [0.1, 0.15) is 0 Å². The number of aliphatic hydroxyl groups is 1. The van der Waals surface area contributed by atoms with Gasteiger partial charge in [0.15, 0.2) is 0 Å². The summed E-state index contributed by atoms with van der Waals surface area (Å²) >= 11 is 2.26.